The van der Waals surface area contributed by atoms with E-state index in [4.69, 9.17) is 11.6 Å². The van der Waals surface area contributed by atoms with Gasteiger partial charge in [0.2, 0.25) is 5.91 Å². The molecule has 0 bridgehead atoms. The van der Waals surface area contributed by atoms with E-state index >= 15 is 0 Å². The Hall–Kier alpha value is -1.36. The highest BCUT2D eigenvalue weighted by Crippen LogP contribution is 2.20. The van der Waals surface area contributed by atoms with Gasteiger partial charge in [-0.05, 0) is 0 Å². The van der Waals surface area contributed by atoms with Crippen molar-refractivity contribution in [3.8, 4) is 0 Å². The Bertz CT molecular complexity index is 371. The van der Waals surface area contributed by atoms with Crippen LogP contribution in [0.15, 0.2) is 12.4 Å². The topological polar surface area (TPSA) is 58.1 Å². The summed E-state index contributed by atoms with van der Waals surface area (Å²) in [5, 5.41) is 3.17. The first kappa shape index (κ1) is 10.2. The van der Waals surface area contributed by atoms with Crippen molar-refractivity contribution < 1.29 is 4.79 Å². The molecule has 5 nitrogen and oxygen atoms in total. The maximum absolute atomic E-state index is 11.1. The summed E-state index contributed by atoms with van der Waals surface area (Å²) in [6.07, 6.45) is 3.61. The highest BCUT2D eigenvalue weighted by Gasteiger charge is 2.17. The predicted octanol–water partition coefficient (Wildman–Crippen LogP) is 0.456. The van der Waals surface area contributed by atoms with Crippen molar-refractivity contribution in [2.45, 2.75) is 6.42 Å². The van der Waals surface area contributed by atoms with Crippen molar-refractivity contribution in [3.63, 3.8) is 0 Å². The van der Waals surface area contributed by atoms with Crippen LogP contribution in [0.25, 0.3) is 0 Å². The summed E-state index contributed by atoms with van der Waals surface area (Å²) >= 11 is 5.93. The third-order valence-electron chi connectivity index (χ3n) is 2.25. The molecule has 2 rings (SSSR count). The molecule has 0 spiro atoms. The van der Waals surface area contributed by atoms with Gasteiger partial charge in [0.1, 0.15) is 0 Å². The smallest absolute Gasteiger partial charge is 0.221 e. The van der Waals surface area contributed by atoms with E-state index in [1.807, 2.05) is 4.90 Å². The molecule has 0 aliphatic carbocycles. The second-order valence-electron chi connectivity index (χ2n) is 3.26. The molecule has 80 valence electrons. The lowest BCUT2D eigenvalue weighted by Crippen LogP contribution is -2.29. The molecule has 1 aromatic heterocycles. The summed E-state index contributed by atoms with van der Waals surface area (Å²) in [6.45, 7) is 1.96. The molecule has 1 aliphatic heterocycles. The number of rotatable bonds is 1. The van der Waals surface area contributed by atoms with E-state index in [-0.39, 0.29) is 5.91 Å². The zero-order valence-corrected chi connectivity index (χ0v) is 8.87. The molecule has 1 aliphatic rings. The molecule has 0 unspecified atom stereocenters. The van der Waals surface area contributed by atoms with Gasteiger partial charge in [-0.25, -0.2) is 9.97 Å². The van der Waals surface area contributed by atoms with Gasteiger partial charge in [0.05, 0.1) is 0 Å². The Morgan fingerprint density at radius 1 is 1.33 bits per heavy atom. The maximum Gasteiger partial charge on any atom is 0.221 e. The molecule has 1 N–H and O–H groups in total. The van der Waals surface area contributed by atoms with Crippen molar-refractivity contribution in [1.82, 2.24) is 15.3 Å². The maximum atomic E-state index is 11.1. The van der Waals surface area contributed by atoms with Crippen LogP contribution in [0.5, 0.6) is 0 Å². The zero-order chi connectivity index (χ0) is 10.7. The van der Waals surface area contributed by atoms with Crippen LogP contribution in [0.3, 0.4) is 0 Å². The van der Waals surface area contributed by atoms with Crippen LogP contribution < -0.4 is 10.2 Å². The van der Waals surface area contributed by atoms with E-state index in [9.17, 15) is 4.79 Å². The molecule has 1 amide bonds. The van der Waals surface area contributed by atoms with Crippen molar-refractivity contribution in [3.05, 3.63) is 17.5 Å². The fourth-order valence-corrected chi connectivity index (χ4v) is 1.73. The van der Waals surface area contributed by atoms with Gasteiger partial charge in [0.25, 0.3) is 0 Å². The van der Waals surface area contributed by atoms with Crippen molar-refractivity contribution in [2.75, 3.05) is 24.5 Å². The number of nitrogens with zero attached hydrogens (tertiary/aromatic N) is 3. The number of aromatic nitrogens is 2. The number of hydrogen-bond donors (Lipinski definition) is 1. The van der Waals surface area contributed by atoms with Gasteiger partial charge in [-0.15, -0.1) is 0 Å². The standard InChI is InChI=1S/C9H11ClN4O/c10-8-9(13-3-2-12-8)14-5-1-7(15)11-4-6-14/h2-3H,1,4-6H2,(H,11,15). The molecular formula is C9H11ClN4O. The first-order chi connectivity index (χ1) is 7.27. The van der Waals surface area contributed by atoms with Gasteiger partial charge in [0.15, 0.2) is 11.0 Å². The fourth-order valence-electron chi connectivity index (χ4n) is 1.50. The second kappa shape index (κ2) is 4.44. The molecule has 2 heterocycles. The molecular weight excluding hydrogens is 216 g/mol. The summed E-state index contributed by atoms with van der Waals surface area (Å²) in [5.41, 5.74) is 0. The number of carbonyl (C=O) groups excluding carboxylic acids is 1. The van der Waals surface area contributed by atoms with Crippen LogP contribution in [0.2, 0.25) is 5.15 Å². The monoisotopic (exact) mass is 226 g/mol. The molecule has 1 aromatic rings. The third-order valence-corrected chi connectivity index (χ3v) is 2.51. The van der Waals surface area contributed by atoms with Crippen LogP contribution in [0, 0.1) is 0 Å². The third kappa shape index (κ3) is 2.36. The lowest BCUT2D eigenvalue weighted by atomic mass is 10.4. The van der Waals surface area contributed by atoms with Gasteiger partial charge >= 0.3 is 0 Å². The number of carbonyl (C=O) groups is 1. The number of nitrogens with one attached hydrogen (secondary N) is 1. The van der Waals surface area contributed by atoms with Crippen LogP contribution in [0.4, 0.5) is 5.82 Å². The van der Waals surface area contributed by atoms with Crippen LogP contribution >= 0.6 is 11.6 Å². The van der Waals surface area contributed by atoms with E-state index in [1.165, 1.54) is 0 Å². The molecule has 15 heavy (non-hydrogen) atoms. The summed E-state index contributed by atoms with van der Waals surface area (Å²) < 4.78 is 0. The Morgan fingerprint density at radius 2 is 2.13 bits per heavy atom. The van der Waals surface area contributed by atoms with Crippen LogP contribution in [-0.2, 0) is 4.79 Å². The summed E-state index contributed by atoms with van der Waals surface area (Å²) in [4.78, 5) is 21.2. The Morgan fingerprint density at radius 3 is 2.93 bits per heavy atom. The number of anilines is 1. The van der Waals surface area contributed by atoms with E-state index in [2.05, 4.69) is 15.3 Å². The lowest BCUT2D eigenvalue weighted by Gasteiger charge is -2.20. The Labute approximate surface area is 92.5 Å². The summed E-state index contributed by atoms with van der Waals surface area (Å²) in [6, 6.07) is 0. The van der Waals surface area contributed by atoms with Gasteiger partial charge in [-0.2, -0.15) is 0 Å². The number of hydrogen-bond acceptors (Lipinski definition) is 4. The SMILES string of the molecule is O=C1CCN(c2nccnc2Cl)CCN1. The molecule has 6 heteroatoms. The molecule has 0 saturated carbocycles. The molecule has 0 atom stereocenters. The van der Waals surface area contributed by atoms with E-state index in [0.717, 1.165) is 0 Å². The average molecular weight is 227 g/mol. The molecule has 1 fully saturated rings. The van der Waals surface area contributed by atoms with Crippen molar-refractivity contribution in [1.29, 1.82) is 0 Å². The Balaban J connectivity index is 2.16. The minimum atomic E-state index is 0.0671. The first-order valence-electron chi connectivity index (χ1n) is 4.75. The predicted molar refractivity (Wildman–Crippen MR) is 56.9 cm³/mol. The van der Waals surface area contributed by atoms with Crippen LogP contribution in [-0.4, -0.2) is 35.5 Å². The number of halogens is 1. The summed E-state index contributed by atoms with van der Waals surface area (Å²) in [5.74, 6) is 0.716. The second-order valence-corrected chi connectivity index (χ2v) is 3.62. The van der Waals surface area contributed by atoms with Gasteiger partial charge in [-0.3, -0.25) is 4.79 Å². The molecule has 0 aromatic carbocycles. The highest BCUT2D eigenvalue weighted by molar-refractivity contribution is 6.31. The van der Waals surface area contributed by atoms with Gasteiger partial charge in [0, 0.05) is 38.4 Å². The zero-order valence-electron chi connectivity index (χ0n) is 8.11. The highest BCUT2D eigenvalue weighted by atomic mass is 35.5. The molecule has 0 radical (unpaired) electrons. The van der Waals surface area contributed by atoms with Crippen molar-refractivity contribution in [2.24, 2.45) is 0 Å². The lowest BCUT2D eigenvalue weighted by molar-refractivity contribution is -0.120. The Kier molecular flexibility index (Phi) is 3.01. The first-order valence-corrected chi connectivity index (χ1v) is 5.13. The van der Waals surface area contributed by atoms with Gasteiger partial charge in [-0.1, -0.05) is 11.6 Å². The van der Waals surface area contributed by atoms with E-state index < -0.39 is 0 Å². The van der Waals surface area contributed by atoms with Crippen LogP contribution in [0.1, 0.15) is 6.42 Å². The normalized spacial score (nSPS) is 17.1. The van der Waals surface area contributed by atoms with E-state index in [1.54, 1.807) is 12.4 Å². The largest absolute Gasteiger partial charge is 0.354 e. The fraction of sp³-hybridized carbons (Fsp3) is 0.444. The number of amides is 1. The summed E-state index contributed by atoms with van der Waals surface area (Å²) in [7, 11) is 0. The van der Waals surface area contributed by atoms with E-state index in [0.29, 0.717) is 37.0 Å². The van der Waals surface area contributed by atoms with Crippen molar-refractivity contribution >= 4 is 23.3 Å². The van der Waals surface area contributed by atoms with Gasteiger partial charge < -0.3 is 10.2 Å². The minimum absolute atomic E-state index is 0.0671. The average Bonchev–Trinajstić information content (AvgIpc) is 2.44. The molecule has 1 saturated heterocycles. The quantitative estimate of drug-likeness (QED) is 0.756. The minimum Gasteiger partial charge on any atom is -0.354 e.